The average Bonchev–Trinajstić information content (AvgIpc) is 2.43. The van der Waals surface area contributed by atoms with Crippen molar-refractivity contribution in [2.45, 2.75) is 37.9 Å². The second-order valence-corrected chi connectivity index (χ2v) is 5.62. The normalized spacial score (nSPS) is 31.9. The lowest BCUT2D eigenvalue weighted by Gasteiger charge is -2.38. The molecule has 0 radical (unpaired) electrons. The fourth-order valence-electron chi connectivity index (χ4n) is 2.73. The van der Waals surface area contributed by atoms with E-state index >= 15 is 0 Å². The zero-order chi connectivity index (χ0) is 14.7. The summed E-state index contributed by atoms with van der Waals surface area (Å²) in [6, 6.07) is -0.630. The molecule has 0 aliphatic carbocycles. The van der Waals surface area contributed by atoms with Gasteiger partial charge in [0.2, 0.25) is 0 Å². The number of hydrogen-bond donors (Lipinski definition) is 2. The second kappa shape index (κ2) is 6.41. The number of ether oxygens (including phenoxy) is 1. The highest BCUT2D eigenvalue weighted by molar-refractivity contribution is 5.83. The molecule has 3 unspecified atom stereocenters. The molecule has 2 N–H and O–H groups in total. The zero-order valence-electron chi connectivity index (χ0n) is 12.0. The predicted molar refractivity (Wildman–Crippen MR) is 72.6 cm³/mol. The van der Waals surface area contributed by atoms with Gasteiger partial charge in [0, 0.05) is 25.2 Å². The minimum atomic E-state index is -1.02. The molecular weight excluding hydrogens is 262 g/mol. The maximum Gasteiger partial charge on any atom is 0.328 e. The van der Waals surface area contributed by atoms with E-state index in [0.29, 0.717) is 19.2 Å². The van der Waals surface area contributed by atoms with E-state index in [4.69, 9.17) is 9.84 Å². The van der Waals surface area contributed by atoms with Gasteiger partial charge in [-0.05, 0) is 26.8 Å². The number of nitrogens with zero attached hydrogens (tertiary/aromatic N) is 2. The number of rotatable bonds is 2. The smallest absolute Gasteiger partial charge is 0.328 e. The van der Waals surface area contributed by atoms with E-state index in [2.05, 4.69) is 24.2 Å². The largest absolute Gasteiger partial charge is 0.480 e. The van der Waals surface area contributed by atoms with E-state index in [9.17, 15) is 9.59 Å². The Morgan fingerprint density at radius 2 is 2.10 bits per heavy atom. The van der Waals surface area contributed by atoms with Crippen molar-refractivity contribution in [2.24, 2.45) is 0 Å². The first-order valence-corrected chi connectivity index (χ1v) is 7.07. The number of hydrogen-bond acceptors (Lipinski definition) is 4. The summed E-state index contributed by atoms with van der Waals surface area (Å²) in [5, 5.41) is 12.1. The van der Waals surface area contributed by atoms with Gasteiger partial charge in [-0.25, -0.2) is 9.59 Å². The fraction of sp³-hybridized carbons (Fsp3) is 0.846. The monoisotopic (exact) mass is 285 g/mol. The Kier molecular flexibility index (Phi) is 4.82. The molecule has 7 nitrogen and oxygen atoms in total. The number of aliphatic carboxylic acids is 1. The maximum absolute atomic E-state index is 12.3. The van der Waals surface area contributed by atoms with Crippen LogP contribution in [0.15, 0.2) is 0 Å². The summed E-state index contributed by atoms with van der Waals surface area (Å²) in [5.74, 6) is -1.02. The van der Waals surface area contributed by atoms with Crippen LogP contribution in [-0.4, -0.2) is 78.4 Å². The molecule has 2 amide bonds. The zero-order valence-corrected chi connectivity index (χ0v) is 12.0. The Balaban J connectivity index is 1.91. The van der Waals surface area contributed by atoms with Crippen LogP contribution in [0.25, 0.3) is 0 Å². The summed E-state index contributed by atoms with van der Waals surface area (Å²) in [6.45, 7) is 3.85. The topological polar surface area (TPSA) is 82.1 Å². The molecular formula is C13H23N3O4. The molecule has 20 heavy (non-hydrogen) atoms. The van der Waals surface area contributed by atoms with Gasteiger partial charge in [0.1, 0.15) is 0 Å². The summed E-state index contributed by atoms with van der Waals surface area (Å²) in [7, 11) is 2.07. The SMILES string of the molecule is CC1CC(NC(=O)N2CCOCC2C(=O)O)CCN1C. The lowest BCUT2D eigenvalue weighted by Crippen LogP contribution is -2.58. The van der Waals surface area contributed by atoms with Gasteiger partial charge in [-0.2, -0.15) is 0 Å². The summed E-state index contributed by atoms with van der Waals surface area (Å²) < 4.78 is 5.14. The van der Waals surface area contributed by atoms with Crippen molar-refractivity contribution < 1.29 is 19.4 Å². The van der Waals surface area contributed by atoms with E-state index in [0.717, 1.165) is 19.4 Å². The minimum absolute atomic E-state index is 0.0621. The van der Waals surface area contributed by atoms with Crippen LogP contribution in [0.5, 0.6) is 0 Å². The Bertz CT molecular complexity index is 377. The van der Waals surface area contributed by atoms with E-state index < -0.39 is 12.0 Å². The maximum atomic E-state index is 12.3. The van der Waals surface area contributed by atoms with E-state index in [-0.39, 0.29) is 18.7 Å². The highest BCUT2D eigenvalue weighted by Crippen LogP contribution is 2.16. The van der Waals surface area contributed by atoms with Crippen molar-refractivity contribution in [3.63, 3.8) is 0 Å². The standard InChI is InChI=1S/C13H23N3O4/c1-9-7-10(3-4-15(9)2)14-13(19)16-5-6-20-8-11(16)12(17)18/h9-11H,3-8H2,1-2H3,(H,14,19)(H,17,18). The first-order valence-electron chi connectivity index (χ1n) is 7.07. The number of amides is 2. The van der Waals surface area contributed by atoms with Crippen LogP contribution >= 0.6 is 0 Å². The van der Waals surface area contributed by atoms with Crippen molar-refractivity contribution in [2.75, 3.05) is 33.4 Å². The van der Waals surface area contributed by atoms with E-state index in [1.54, 1.807) is 0 Å². The van der Waals surface area contributed by atoms with Crippen molar-refractivity contribution in [3.05, 3.63) is 0 Å². The fourth-order valence-corrected chi connectivity index (χ4v) is 2.73. The Labute approximate surface area is 118 Å². The second-order valence-electron chi connectivity index (χ2n) is 5.62. The predicted octanol–water partition coefficient (Wildman–Crippen LogP) is -0.0359. The molecule has 2 heterocycles. The van der Waals surface area contributed by atoms with Gasteiger partial charge in [-0.15, -0.1) is 0 Å². The van der Waals surface area contributed by atoms with Crippen LogP contribution in [-0.2, 0) is 9.53 Å². The molecule has 0 bridgehead atoms. The lowest BCUT2D eigenvalue weighted by atomic mass is 9.99. The highest BCUT2D eigenvalue weighted by atomic mass is 16.5. The Hall–Kier alpha value is -1.34. The molecule has 2 rings (SSSR count). The molecule has 0 spiro atoms. The number of carboxylic acids is 1. The highest BCUT2D eigenvalue weighted by Gasteiger charge is 2.34. The van der Waals surface area contributed by atoms with Gasteiger partial charge >= 0.3 is 12.0 Å². The summed E-state index contributed by atoms with van der Waals surface area (Å²) in [5.41, 5.74) is 0. The number of nitrogens with one attached hydrogen (secondary N) is 1. The number of urea groups is 1. The van der Waals surface area contributed by atoms with Crippen LogP contribution in [0.3, 0.4) is 0 Å². The molecule has 0 aromatic carbocycles. The van der Waals surface area contributed by atoms with Crippen molar-refractivity contribution in [3.8, 4) is 0 Å². The molecule has 0 aromatic heterocycles. The summed E-state index contributed by atoms with van der Waals surface area (Å²) in [6.07, 6.45) is 1.79. The van der Waals surface area contributed by atoms with Crippen LogP contribution in [0.4, 0.5) is 4.79 Å². The minimum Gasteiger partial charge on any atom is -0.480 e. The molecule has 3 atom stereocenters. The molecule has 2 fully saturated rings. The third-order valence-electron chi connectivity index (χ3n) is 4.21. The van der Waals surface area contributed by atoms with Crippen molar-refractivity contribution in [1.29, 1.82) is 0 Å². The number of likely N-dealkylation sites (tertiary alicyclic amines) is 1. The molecule has 0 aromatic rings. The van der Waals surface area contributed by atoms with Crippen molar-refractivity contribution >= 4 is 12.0 Å². The summed E-state index contributed by atoms with van der Waals surface area (Å²) >= 11 is 0. The van der Waals surface area contributed by atoms with Gasteiger partial charge in [0.25, 0.3) is 0 Å². The van der Waals surface area contributed by atoms with Crippen molar-refractivity contribution in [1.82, 2.24) is 15.1 Å². The quantitative estimate of drug-likeness (QED) is 0.744. The van der Waals surface area contributed by atoms with Gasteiger partial charge in [-0.1, -0.05) is 0 Å². The van der Waals surface area contributed by atoms with Gasteiger partial charge in [0.15, 0.2) is 6.04 Å². The number of carbonyl (C=O) groups excluding carboxylic acids is 1. The Morgan fingerprint density at radius 3 is 2.75 bits per heavy atom. The van der Waals surface area contributed by atoms with Gasteiger partial charge in [-0.3, -0.25) is 0 Å². The number of carbonyl (C=O) groups is 2. The van der Waals surface area contributed by atoms with E-state index in [1.807, 2.05) is 0 Å². The number of morpholine rings is 1. The third-order valence-corrected chi connectivity index (χ3v) is 4.21. The first-order chi connectivity index (χ1) is 9.49. The molecule has 0 saturated carbocycles. The van der Waals surface area contributed by atoms with Crippen LogP contribution in [0, 0.1) is 0 Å². The summed E-state index contributed by atoms with van der Waals surface area (Å²) in [4.78, 5) is 27.0. The van der Waals surface area contributed by atoms with Crippen LogP contribution in [0.2, 0.25) is 0 Å². The lowest BCUT2D eigenvalue weighted by molar-refractivity contribution is -0.147. The number of carboxylic acid groups (broad SMARTS) is 1. The third kappa shape index (κ3) is 3.40. The average molecular weight is 285 g/mol. The molecule has 2 aliphatic rings. The van der Waals surface area contributed by atoms with Gasteiger partial charge in [0.05, 0.1) is 13.2 Å². The van der Waals surface area contributed by atoms with Gasteiger partial charge < -0.3 is 25.0 Å². The molecule has 114 valence electrons. The first kappa shape index (κ1) is 15.1. The molecule has 7 heteroatoms. The van der Waals surface area contributed by atoms with Crippen LogP contribution < -0.4 is 5.32 Å². The molecule has 2 aliphatic heterocycles. The molecule has 2 saturated heterocycles. The number of piperidine rings is 1. The Morgan fingerprint density at radius 1 is 1.35 bits per heavy atom. The van der Waals surface area contributed by atoms with E-state index in [1.165, 1.54) is 4.90 Å². The van der Waals surface area contributed by atoms with Crippen LogP contribution in [0.1, 0.15) is 19.8 Å².